The third-order valence-electron chi connectivity index (χ3n) is 3.19. The average molecular weight is 303 g/mol. The minimum absolute atomic E-state index is 0.349. The number of aryl methyl sites for hydroxylation is 1. The van der Waals surface area contributed by atoms with Crippen LogP contribution in [0.25, 0.3) is 16.9 Å². The maximum atomic E-state index is 13.3. The fraction of sp³-hybridized carbons (Fsp3) is 0.0667. The number of nitrogens with zero attached hydrogens (tertiary/aromatic N) is 3. The molecule has 3 rings (SSSR count). The molecular weight excluding hydrogens is 291 g/mol. The van der Waals surface area contributed by atoms with Crippen LogP contribution >= 0.6 is 11.6 Å². The first-order chi connectivity index (χ1) is 10.1. The Bertz CT molecular complexity index is 813. The van der Waals surface area contributed by atoms with Gasteiger partial charge in [0.05, 0.1) is 5.69 Å². The molecule has 6 heteroatoms. The van der Waals surface area contributed by atoms with Gasteiger partial charge in [0.1, 0.15) is 11.5 Å². The SMILES string of the molecule is Cc1cc(-c2nnn(-c3cccc(F)c3)c2N)ccc1Cl. The molecule has 0 saturated heterocycles. The van der Waals surface area contributed by atoms with Gasteiger partial charge in [0.2, 0.25) is 0 Å². The summed E-state index contributed by atoms with van der Waals surface area (Å²) < 4.78 is 14.7. The smallest absolute Gasteiger partial charge is 0.155 e. The lowest BCUT2D eigenvalue weighted by atomic mass is 10.1. The summed E-state index contributed by atoms with van der Waals surface area (Å²) in [6, 6.07) is 11.5. The predicted octanol–water partition coefficient (Wildman–Crippen LogP) is 3.62. The summed E-state index contributed by atoms with van der Waals surface area (Å²) in [4.78, 5) is 0. The van der Waals surface area contributed by atoms with Gasteiger partial charge in [0.15, 0.2) is 5.82 Å². The van der Waals surface area contributed by atoms with Gasteiger partial charge in [-0.25, -0.2) is 4.39 Å². The molecule has 0 aliphatic heterocycles. The van der Waals surface area contributed by atoms with Crippen LogP contribution in [0.15, 0.2) is 42.5 Å². The van der Waals surface area contributed by atoms with E-state index in [-0.39, 0.29) is 5.82 Å². The topological polar surface area (TPSA) is 56.7 Å². The Kier molecular flexibility index (Phi) is 3.35. The first-order valence-corrected chi connectivity index (χ1v) is 6.67. The molecule has 0 bridgehead atoms. The summed E-state index contributed by atoms with van der Waals surface area (Å²) >= 11 is 6.01. The van der Waals surface area contributed by atoms with Crippen LogP contribution in [-0.2, 0) is 0 Å². The maximum Gasteiger partial charge on any atom is 0.155 e. The number of hydrogen-bond donors (Lipinski definition) is 1. The second-order valence-corrected chi connectivity index (χ2v) is 5.09. The third-order valence-corrected chi connectivity index (χ3v) is 3.61. The molecule has 3 aromatic rings. The highest BCUT2D eigenvalue weighted by Crippen LogP contribution is 2.28. The molecule has 0 saturated carbocycles. The Balaban J connectivity index is 2.09. The number of aromatic nitrogens is 3. The van der Waals surface area contributed by atoms with E-state index in [2.05, 4.69) is 10.3 Å². The fourth-order valence-electron chi connectivity index (χ4n) is 2.09. The van der Waals surface area contributed by atoms with E-state index in [1.165, 1.54) is 16.8 Å². The molecule has 0 spiro atoms. The van der Waals surface area contributed by atoms with E-state index < -0.39 is 0 Å². The van der Waals surface area contributed by atoms with E-state index in [9.17, 15) is 4.39 Å². The van der Waals surface area contributed by atoms with Crippen molar-refractivity contribution in [3.05, 3.63) is 58.9 Å². The molecule has 0 radical (unpaired) electrons. The van der Waals surface area contributed by atoms with E-state index in [1.807, 2.05) is 19.1 Å². The lowest BCUT2D eigenvalue weighted by molar-refractivity contribution is 0.625. The molecule has 21 heavy (non-hydrogen) atoms. The number of hydrogen-bond acceptors (Lipinski definition) is 3. The van der Waals surface area contributed by atoms with E-state index in [4.69, 9.17) is 17.3 Å². The normalized spacial score (nSPS) is 10.8. The van der Waals surface area contributed by atoms with Crippen LogP contribution in [0.4, 0.5) is 10.2 Å². The highest BCUT2D eigenvalue weighted by molar-refractivity contribution is 6.31. The van der Waals surface area contributed by atoms with Crippen molar-refractivity contribution >= 4 is 17.4 Å². The number of anilines is 1. The Morgan fingerprint density at radius 1 is 1.19 bits per heavy atom. The van der Waals surface area contributed by atoms with Gasteiger partial charge in [-0.3, -0.25) is 0 Å². The molecule has 0 unspecified atom stereocenters. The van der Waals surface area contributed by atoms with Crippen LogP contribution in [0.2, 0.25) is 5.02 Å². The molecule has 0 amide bonds. The zero-order valence-electron chi connectivity index (χ0n) is 11.2. The quantitative estimate of drug-likeness (QED) is 0.786. The van der Waals surface area contributed by atoms with Crippen LogP contribution in [0.5, 0.6) is 0 Å². The summed E-state index contributed by atoms with van der Waals surface area (Å²) in [7, 11) is 0. The van der Waals surface area contributed by atoms with E-state index in [0.717, 1.165) is 11.1 Å². The molecule has 4 nitrogen and oxygen atoms in total. The number of benzene rings is 2. The lowest BCUT2D eigenvalue weighted by Gasteiger charge is -2.04. The zero-order chi connectivity index (χ0) is 15.0. The first kappa shape index (κ1) is 13.6. The van der Waals surface area contributed by atoms with Crippen LogP contribution in [-0.4, -0.2) is 15.0 Å². The second-order valence-electron chi connectivity index (χ2n) is 4.68. The number of nitrogen functional groups attached to an aromatic ring is 1. The average Bonchev–Trinajstić information content (AvgIpc) is 2.84. The lowest BCUT2D eigenvalue weighted by Crippen LogP contribution is -2.02. The van der Waals surface area contributed by atoms with Crippen molar-refractivity contribution in [1.29, 1.82) is 0 Å². The van der Waals surface area contributed by atoms with Crippen molar-refractivity contribution in [3.63, 3.8) is 0 Å². The van der Waals surface area contributed by atoms with Crippen molar-refractivity contribution in [2.75, 3.05) is 5.73 Å². The molecule has 2 N–H and O–H groups in total. The molecule has 0 aliphatic carbocycles. The summed E-state index contributed by atoms with van der Waals surface area (Å²) in [6.07, 6.45) is 0. The van der Waals surface area contributed by atoms with Gasteiger partial charge in [-0.2, -0.15) is 4.68 Å². The molecular formula is C15H12ClFN4. The van der Waals surface area contributed by atoms with E-state index >= 15 is 0 Å². The largest absolute Gasteiger partial charge is 0.382 e. The third kappa shape index (κ3) is 2.48. The predicted molar refractivity (Wildman–Crippen MR) is 80.9 cm³/mol. The van der Waals surface area contributed by atoms with Crippen LogP contribution < -0.4 is 5.73 Å². The van der Waals surface area contributed by atoms with Gasteiger partial charge in [-0.1, -0.05) is 28.9 Å². The van der Waals surface area contributed by atoms with Gasteiger partial charge < -0.3 is 5.73 Å². The molecule has 106 valence electrons. The van der Waals surface area contributed by atoms with Gasteiger partial charge in [0, 0.05) is 10.6 Å². The summed E-state index contributed by atoms with van der Waals surface area (Å²) in [6.45, 7) is 1.90. The summed E-state index contributed by atoms with van der Waals surface area (Å²) in [5.41, 5.74) is 8.90. The second kappa shape index (κ2) is 5.18. The van der Waals surface area contributed by atoms with E-state index in [1.54, 1.807) is 18.2 Å². The summed E-state index contributed by atoms with van der Waals surface area (Å²) in [5, 5.41) is 8.76. The Morgan fingerprint density at radius 3 is 2.71 bits per heavy atom. The molecule has 1 aromatic heterocycles. The highest BCUT2D eigenvalue weighted by Gasteiger charge is 2.14. The monoisotopic (exact) mass is 302 g/mol. The van der Waals surface area contributed by atoms with Gasteiger partial charge in [0.25, 0.3) is 0 Å². The Labute approximate surface area is 126 Å². The van der Waals surface area contributed by atoms with Crippen molar-refractivity contribution < 1.29 is 4.39 Å². The fourth-order valence-corrected chi connectivity index (χ4v) is 2.20. The van der Waals surface area contributed by atoms with Crippen LogP contribution in [0.1, 0.15) is 5.56 Å². The van der Waals surface area contributed by atoms with Crippen molar-refractivity contribution in [2.24, 2.45) is 0 Å². The van der Waals surface area contributed by atoms with Crippen LogP contribution in [0.3, 0.4) is 0 Å². The Morgan fingerprint density at radius 2 is 2.00 bits per heavy atom. The molecule has 0 aliphatic rings. The number of nitrogens with two attached hydrogens (primary N) is 1. The molecule has 0 fully saturated rings. The molecule has 2 aromatic carbocycles. The highest BCUT2D eigenvalue weighted by atomic mass is 35.5. The zero-order valence-corrected chi connectivity index (χ0v) is 12.0. The first-order valence-electron chi connectivity index (χ1n) is 6.30. The van der Waals surface area contributed by atoms with Crippen molar-refractivity contribution in [1.82, 2.24) is 15.0 Å². The van der Waals surface area contributed by atoms with Crippen molar-refractivity contribution in [3.8, 4) is 16.9 Å². The van der Waals surface area contributed by atoms with E-state index in [0.29, 0.717) is 22.2 Å². The van der Waals surface area contributed by atoms with Gasteiger partial charge >= 0.3 is 0 Å². The minimum Gasteiger partial charge on any atom is -0.382 e. The van der Waals surface area contributed by atoms with Gasteiger partial charge in [-0.05, 0) is 42.8 Å². The Hall–Kier alpha value is -2.40. The van der Waals surface area contributed by atoms with Gasteiger partial charge in [-0.15, -0.1) is 5.10 Å². The molecule has 1 heterocycles. The standard InChI is InChI=1S/C15H12ClFN4/c1-9-7-10(5-6-13(9)16)14-15(18)21(20-19-14)12-4-2-3-11(17)8-12/h2-8H,18H2,1H3. The van der Waals surface area contributed by atoms with Crippen molar-refractivity contribution in [2.45, 2.75) is 6.92 Å². The van der Waals surface area contributed by atoms with Crippen LogP contribution in [0, 0.1) is 12.7 Å². The maximum absolute atomic E-state index is 13.3. The molecule has 0 atom stereocenters. The summed E-state index contributed by atoms with van der Waals surface area (Å²) in [5.74, 6) is -0.00592. The minimum atomic E-state index is -0.355. The number of rotatable bonds is 2. The number of halogens is 2.